The Kier molecular flexibility index (Phi) is 4.10. The summed E-state index contributed by atoms with van der Waals surface area (Å²) in [6.07, 6.45) is 0.890. The van der Waals surface area contributed by atoms with E-state index in [2.05, 4.69) is 6.92 Å². The van der Waals surface area contributed by atoms with Gasteiger partial charge in [0, 0.05) is 12.1 Å². The lowest BCUT2D eigenvalue weighted by Gasteiger charge is -2.26. The predicted molar refractivity (Wildman–Crippen MR) is 69.0 cm³/mol. The molecule has 0 radical (unpaired) electrons. The lowest BCUT2D eigenvalue weighted by Crippen LogP contribution is -2.27. The molecular formula is C13H21NO3. The quantitative estimate of drug-likeness (QED) is 0.803. The highest BCUT2D eigenvalue weighted by Gasteiger charge is 2.20. The number of nitrogen functional groups attached to an aromatic ring is 1. The maximum atomic E-state index is 5.92. The molecule has 0 spiro atoms. The fourth-order valence-electron chi connectivity index (χ4n) is 1.33. The summed E-state index contributed by atoms with van der Waals surface area (Å²) in [7, 11) is 3.16. The molecule has 0 unspecified atom stereocenters. The first-order valence-corrected chi connectivity index (χ1v) is 5.64. The van der Waals surface area contributed by atoms with E-state index in [0.717, 1.165) is 6.42 Å². The molecule has 0 saturated carbocycles. The molecule has 0 atom stereocenters. The Morgan fingerprint density at radius 1 is 1.06 bits per heavy atom. The van der Waals surface area contributed by atoms with Crippen LogP contribution in [0.4, 0.5) is 5.69 Å². The molecular weight excluding hydrogens is 218 g/mol. The van der Waals surface area contributed by atoms with Gasteiger partial charge in [0.15, 0.2) is 11.5 Å². The van der Waals surface area contributed by atoms with Crippen molar-refractivity contribution in [2.75, 3.05) is 20.0 Å². The molecule has 0 amide bonds. The molecule has 0 saturated heterocycles. The third kappa shape index (κ3) is 3.19. The van der Waals surface area contributed by atoms with Gasteiger partial charge in [-0.2, -0.15) is 0 Å². The van der Waals surface area contributed by atoms with Gasteiger partial charge in [0.05, 0.1) is 19.9 Å². The van der Waals surface area contributed by atoms with Gasteiger partial charge in [0.1, 0.15) is 11.4 Å². The summed E-state index contributed by atoms with van der Waals surface area (Å²) in [5, 5.41) is 0. The van der Waals surface area contributed by atoms with Crippen LogP contribution in [0.1, 0.15) is 27.2 Å². The average Bonchev–Trinajstić information content (AvgIpc) is 2.31. The lowest BCUT2D eigenvalue weighted by atomic mass is 10.1. The largest absolute Gasteiger partial charge is 0.493 e. The van der Waals surface area contributed by atoms with Gasteiger partial charge in [-0.3, -0.25) is 0 Å². The first-order chi connectivity index (χ1) is 7.93. The molecule has 0 aromatic heterocycles. The Morgan fingerprint density at radius 3 is 2.06 bits per heavy atom. The van der Waals surface area contributed by atoms with Gasteiger partial charge in [-0.15, -0.1) is 0 Å². The molecule has 1 aromatic carbocycles. The number of rotatable bonds is 5. The van der Waals surface area contributed by atoms with E-state index in [1.165, 1.54) is 0 Å². The Morgan fingerprint density at radius 2 is 1.59 bits per heavy atom. The van der Waals surface area contributed by atoms with Crippen molar-refractivity contribution in [3.05, 3.63) is 12.1 Å². The van der Waals surface area contributed by atoms with Gasteiger partial charge < -0.3 is 19.9 Å². The van der Waals surface area contributed by atoms with Crippen LogP contribution in [0.15, 0.2) is 12.1 Å². The van der Waals surface area contributed by atoms with Gasteiger partial charge in [-0.1, -0.05) is 6.92 Å². The highest BCUT2D eigenvalue weighted by molar-refractivity contribution is 5.62. The molecule has 2 N–H and O–H groups in total. The summed E-state index contributed by atoms with van der Waals surface area (Å²) in [5.74, 6) is 1.84. The summed E-state index contributed by atoms with van der Waals surface area (Å²) >= 11 is 0. The summed E-state index contributed by atoms with van der Waals surface area (Å²) in [6, 6.07) is 3.46. The van der Waals surface area contributed by atoms with Crippen molar-refractivity contribution in [3.63, 3.8) is 0 Å². The maximum Gasteiger partial charge on any atom is 0.164 e. The van der Waals surface area contributed by atoms with Gasteiger partial charge >= 0.3 is 0 Å². The second-order valence-electron chi connectivity index (χ2n) is 4.46. The number of anilines is 1. The van der Waals surface area contributed by atoms with E-state index in [1.807, 2.05) is 13.8 Å². The summed E-state index contributed by atoms with van der Waals surface area (Å²) < 4.78 is 16.3. The zero-order valence-electron chi connectivity index (χ0n) is 11.2. The molecule has 0 fully saturated rings. The Bertz CT molecular complexity index is 388. The zero-order chi connectivity index (χ0) is 13.1. The van der Waals surface area contributed by atoms with Crippen molar-refractivity contribution in [1.29, 1.82) is 0 Å². The Balaban J connectivity index is 3.09. The lowest BCUT2D eigenvalue weighted by molar-refractivity contribution is 0.106. The van der Waals surface area contributed by atoms with Crippen LogP contribution in [-0.4, -0.2) is 19.8 Å². The molecule has 96 valence electrons. The van der Waals surface area contributed by atoms with Crippen LogP contribution in [0.3, 0.4) is 0 Å². The topological polar surface area (TPSA) is 53.7 Å². The normalized spacial score (nSPS) is 11.1. The van der Waals surface area contributed by atoms with Gasteiger partial charge in [-0.25, -0.2) is 0 Å². The second-order valence-corrected chi connectivity index (χ2v) is 4.46. The Labute approximate surface area is 103 Å². The number of ether oxygens (including phenoxy) is 3. The number of nitrogens with two attached hydrogens (primary N) is 1. The van der Waals surface area contributed by atoms with Crippen LogP contribution in [0.5, 0.6) is 17.2 Å². The molecule has 1 rings (SSSR count). The monoisotopic (exact) mass is 239 g/mol. The first-order valence-electron chi connectivity index (χ1n) is 5.64. The number of methoxy groups -OCH3 is 2. The third-order valence-electron chi connectivity index (χ3n) is 2.75. The summed E-state index contributed by atoms with van der Waals surface area (Å²) in [5.41, 5.74) is 6.21. The predicted octanol–water partition coefficient (Wildman–Crippen LogP) is 2.85. The van der Waals surface area contributed by atoms with Gasteiger partial charge in [0.25, 0.3) is 0 Å². The minimum Gasteiger partial charge on any atom is -0.493 e. The van der Waals surface area contributed by atoms with Crippen molar-refractivity contribution in [2.45, 2.75) is 32.8 Å². The molecule has 1 aromatic rings. The average molecular weight is 239 g/mol. The van der Waals surface area contributed by atoms with E-state index < -0.39 is 0 Å². The Hall–Kier alpha value is -1.58. The molecule has 0 bridgehead atoms. The highest BCUT2D eigenvalue weighted by Crippen LogP contribution is 2.37. The van der Waals surface area contributed by atoms with Crippen LogP contribution < -0.4 is 19.9 Å². The summed E-state index contributed by atoms with van der Waals surface area (Å²) in [4.78, 5) is 0. The molecule has 0 heterocycles. The molecule has 0 aliphatic carbocycles. The van der Waals surface area contributed by atoms with E-state index in [1.54, 1.807) is 26.4 Å². The van der Waals surface area contributed by atoms with Crippen molar-refractivity contribution in [1.82, 2.24) is 0 Å². The van der Waals surface area contributed by atoms with E-state index >= 15 is 0 Å². The fourth-order valence-corrected chi connectivity index (χ4v) is 1.33. The smallest absolute Gasteiger partial charge is 0.164 e. The zero-order valence-corrected chi connectivity index (χ0v) is 11.2. The van der Waals surface area contributed by atoms with E-state index in [0.29, 0.717) is 22.9 Å². The van der Waals surface area contributed by atoms with Gasteiger partial charge in [0.2, 0.25) is 0 Å². The van der Waals surface area contributed by atoms with Crippen molar-refractivity contribution >= 4 is 5.69 Å². The SMILES string of the molecule is CCC(C)(C)Oc1cc(OC)c(OC)cc1N. The van der Waals surface area contributed by atoms with Gasteiger partial charge in [-0.05, 0) is 20.3 Å². The third-order valence-corrected chi connectivity index (χ3v) is 2.75. The maximum absolute atomic E-state index is 5.92. The second kappa shape index (κ2) is 5.17. The number of hydrogen-bond donors (Lipinski definition) is 1. The van der Waals surface area contributed by atoms with Crippen LogP contribution in [0, 0.1) is 0 Å². The molecule has 0 aliphatic heterocycles. The van der Waals surface area contributed by atoms with E-state index in [4.69, 9.17) is 19.9 Å². The van der Waals surface area contributed by atoms with Crippen molar-refractivity contribution < 1.29 is 14.2 Å². The van der Waals surface area contributed by atoms with Crippen LogP contribution in [0.2, 0.25) is 0 Å². The van der Waals surface area contributed by atoms with Crippen molar-refractivity contribution in [2.24, 2.45) is 0 Å². The standard InChI is InChI=1S/C13H21NO3/c1-6-13(2,3)17-10-8-12(16-5)11(15-4)7-9(10)14/h7-8H,6,14H2,1-5H3. The minimum absolute atomic E-state index is 0.256. The molecule has 4 nitrogen and oxygen atoms in total. The van der Waals surface area contributed by atoms with E-state index in [-0.39, 0.29) is 5.60 Å². The molecule has 0 aliphatic rings. The minimum atomic E-state index is -0.256. The van der Waals surface area contributed by atoms with Crippen LogP contribution in [-0.2, 0) is 0 Å². The molecule has 4 heteroatoms. The first kappa shape index (κ1) is 13.5. The van der Waals surface area contributed by atoms with E-state index in [9.17, 15) is 0 Å². The fraction of sp³-hybridized carbons (Fsp3) is 0.538. The molecule has 17 heavy (non-hydrogen) atoms. The summed E-state index contributed by atoms with van der Waals surface area (Å²) in [6.45, 7) is 6.10. The highest BCUT2D eigenvalue weighted by atomic mass is 16.5. The number of hydrogen-bond acceptors (Lipinski definition) is 4. The number of benzene rings is 1. The van der Waals surface area contributed by atoms with Crippen LogP contribution >= 0.6 is 0 Å². The van der Waals surface area contributed by atoms with Crippen LogP contribution in [0.25, 0.3) is 0 Å². The van der Waals surface area contributed by atoms with Crippen molar-refractivity contribution in [3.8, 4) is 17.2 Å².